The topological polar surface area (TPSA) is 47.0 Å². The SMILES string of the molecule is COc1ccc(-c2nc(C)c3c(n2)CNCC3)cc1C. The van der Waals surface area contributed by atoms with Crippen LogP contribution in [0.1, 0.15) is 22.5 Å². The van der Waals surface area contributed by atoms with E-state index in [1.54, 1.807) is 7.11 Å². The number of nitrogens with one attached hydrogen (secondary N) is 1. The minimum absolute atomic E-state index is 0.802. The molecule has 0 bridgehead atoms. The summed E-state index contributed by atoms with van der Waals surface area (Å²) >= 11 is 0. The van der Waals surface area contributed by atoms with E-state index in [9.17, 15) is 0 Å². The van der Waals surface area contributed by atoms with Crippen LogP contribution in [0.25, 0.3) is 11.4 Å². The second-order valence-corrected chi connectivity index (χ2v) is 5.17. The number of aryl methyl sites for hydroxylation is 2. The van der Waals surface area contributed by atoms with Crippen molar-refractivity contribution in [3.63, 3.8) is 0 Å². The van der Waals surface area contributed by atoms with Gasteiger partial charge in [-0.1, -0.05) is 0 Å². The monoisotopic (exact) mass is 269 g/mol. The van der Waals surface area contributed by atoms with Crippen molar-refractivity contribution in [2.75, 3.05) is 13.7 Å². The van der Waals surface area contributed by atoms with Crippen LogP contribution in [-0.2, 0) is 13.0 Å². The zero-order chi connectivity index (χ0) is 14.1. The lowest BCUT2D eigenvalue weighted by Crippen LogP contribution is -2.26. The molecule has 2 heterocycles. The lowest BCUT2D eigenvalue weighted by molar-refractivity contribution is 0.412. The Hall–Kier alpha value is -1.94. The Morgan fingerprint density at radius 3 is 2.80 bits per heavy atom. The van der Waals surface area contributed by atoms with E-state index in [0.29, 0.717) is 0 Å². The first kappa shape index (κ1) is 13.1. The lowest BCUT2D eigenvalue weighted by atomic mass is 10.0. The second-order valence-electron chi connectivity index (χ2n) is 5.17. The van der Waals surface area contributed by atoms with Gasteiger partial charge in [0.2, 0.25) is 0 Å². The minimum Gasteiger partial charge on any atom is -0.496 e. The van der Waals surface area contributed by atoms with Crippen molar-refractivity contribution in [1.29, 1.82) is 0 Å². The molecule has 4 heteroatoms. The average molecular weight is 269 g/mol. The Kier molecular flexibility index (Phi) is 3.40. The van der Waals surface area contributed by atoms with Gasteiger partial charge in [-0.05, 0) is 56.1 Å². The highest BCUT2D eigenvalue weighted by Crippen LogP contribution is 2.26. The van der Waals surface area contributed by atoms with Gasteiger partial charge in [0.15, 0.2) is 5.82 Å². The fraction of sp³-hybridized carbons (Fsp3) is 0.375. The molecular weight excluding hydrogens is 250 g/mol. The van der Waals surface area contributed by atoms with Crippen LogP contribution >= 0.6 is 0 Å². The molecule has 4 nitrogen and oxygen atoms in total. The molecule has 0 fully saturated rings. The molecule has 0 radical (unpaired) electrons. The van der Waals surface area contributed by atoms with Crippen LogP contribution in [0.2, 0.25) is 0 Å². The van der Waals surface area contributed by atoms with Crippen molar-refractivity contribution in [2.24, 2.45) is 0 Å². The van der Waals surface area contributed by atoms with Gasteiger partial charge in [-0.25, -0.2) is 9.97 Å². The van der Waals surface area contributed by atoms with Crippen LogP contribution < -0.4 is 10.1 Å². The maximum absolute atomic E-state index is 5.30. The highest BCUT2D eigenvalue weighted by Gasteiger charge is 2.16. The summed E-state index contributed by atoms with van der Waals surface area (Å²) in [4.78, 5) is 9.40. The predicted molar refractivity (Wildman–Crippen MR) is 78.9 cm³/mol. The Balaban J connectivity index is 2.06. The van der Waals surface area contributed by atoms with Crippen molar-refractivity contribution in [2.45, 2.75) is 26.8 Å². The smallest absolute Gasteiger partial charge is 0.159 e. The third kappa shape index (κ3) is 2.27. The average Bonchev–Trinajstić information content (AvgIpc) is 2.47. The van der Waals surface area contributed by atoms with E-state index in [-0.39, 0.29) is 0 Å². The summed E-state index contributed by atoms with van der Waals surface area (Å²) in [5, 5.41) is 3.37. The summed E-state index contributed by atoms with van der Waals surface area (Å²) in [6.07, 6.45) is 1.02. The molecule has 1 aromatic carbocycles. The second kappa shape index (κ2) is 5.21. The Labute approximate surface area is 119 Å². The standard InChI is InChI=1S/C16H19N3O/c1-10-8-12(4-5-15(10)20-3)16-18-11(2)13-6-7-17-9-14(13)19-16/h4-5,8,17H,6-7,9H2,1-3H3. The summed E-state index contributed by atoms with van der Waals surface area (Å²) in [6, 6.07) is 6.07. The number of hydrogen-bond donors (Lipinski definition) is 1. The molecule has 1 aliphatic rings. The van der Waals surface area contributed by atoms with Crippen molar-refractivity contribution >= 4 is 0 Å². The summed E-state index contributed by atoms with van der Waals surface area (Å²) in [7, 11) is 1.69. The Morgan fingerprint density at radius 1 is 1.20 bits per heavy atom. The molecule has 0 aliphatic carbocycles. The molecule has 3 rings (SSSR count). The predicted octanol–water partition coefficient (Wildman–Crippen LogP) is 2.41. The Bertz CT molecular complexity index is 652. The van der Waals surface area contributed by atoms with Crippen LogP contribution in [0.4, 0.5) is 0 Å². The lowest BCUT2D eigenvalue weighted by Gasteiger charge is -2.18. The van der Waals surface area contributed by atoms with Crippen molar-refractivity contribution in [1.82, 2.24) is 15.3 Å². The molecule has 0 unspecified atom stereocenters. The number of fused-ring (bicyclic) bond motifs is 1. The van der Waals surface area contributed by atoms with Crippen molar-refractivity contribution in [3.8, 4) is 17.1 Å². The fourth-order valence-corrected chi connectivity index (χ4v) is 2.69. The van der Waals surface area contributed by atoms with Gasteiger partial charge in [-0.15, -0.1) is 0 Å². The van der Waals surface area contributed by atoms with Crippen LogP contribution in [0.5, 0.6) is 5.75 Å². The molecule has 0 saturated heterocycles. The number of hydrogen-bond acceptors (Lipinski definition) is 4. The van der Waals surface area contributed by atoms with Gasteiger partial charge >= 0.3 is 0 Å². The van der Waals surface area contributed by atoms with E-state index in [1.807, 2.05) is 19.1 Å². The number of nitrogens with zero attached hydrogens (tertiary/aromatic N) is 2. The van der Waals surface area contributed by atoms with Crippen LogP contribution in [0, 0.1) is 13.8 Å². The molecule has 104 valence electrons. The first-order chi connectivity index (χ1) is 9.69. The van der Waals surface area contributed by atoms with E-state index < -0.39 is 0 Å². The molecule has 0 atom stereocenters. The number of ether oxygens (including phenoxy) is 1. The number of rotatable bonds is 2. The normalized spacial score (nSPS) is 13.9. The first-order valence-corrected chi connectivity index (χ1v) is 6.91. The van der Waals surface area contributed by atoms with Crippen LogP contribution in [0.15, 0.2) is 18.2 Å². The summed E-state index contributed by atoms with van der Waals surface area (Å²) in [5.74, 6) is 1.70. The Morgan fingerprint density at radius 2 is 2.05 bits per heavy atom. The maximum Gasteiger partial charge on any atom is 0.159 e. The van der Waals surface area contributed by atoms with Gasteiger partial charge in [-0.3, -0.25) is 0 Å². The van der Waals surface area contributed by atoms with E-state index >= 15 is 0 Å². The van der Waals surface area contributed by atoms with Gasteiger partial charge < -0.3 is 10.1 Å². The van der Waals surface area contributed by atoms with Crippen molar-refractivity contribution in [3.05, 3.63) is 40.7 Å². The highest BCUT2D eigenvalue weighted by molar-refractivity contribution is 5.59. The fourth-order valence-electron chi connectivity index (χ4n) is 2.69. The number of aromatic nitrogens is 2. The number of benzene rings is 1. The molecular formula is C16H19N3O. The van der Waals surface area contributed by atoms with Gasteiger partial charge in [0.25, 0.3) is 0 Å². The molecule has 0 spiro atoms. The molecule has 1 N–H and O–H groups in total. The quantitative estimate of drug-likeness (QED) is 0.909. The summed E-state index contributed by atoms with van der Waals surface area (Å²) < 4.78 is 5.30. The number of methoxy groups -OCH3 is 1. The van der Waals surface area contributed by atoms with Gasteiger partial charge in [0.05, 0.1) is 12.8 Å². The van der Waals surface area contributed by atoms with E-state index in [4.69, 9.17) is 9.72 Å². The van der Waals surface area contributed by atoms with Crippen LogP contribution in [-0.4, -0.2) is 23.6 Å². The van der Waals surface area contributed by atoms with E-state index in [1.165, 1.54) is 5.56 Å². The molecule has 1 aromatic heterocycles. The van der Waals surface area contributed by atoms with Gasteiger partial charge in [0, 0.05) is 17.8 Å². The first-order valence-electron chi connectivity index (χ1n) is 6.91. The van der Waals surface area contributed by atoms with Gasteiger partial charge in [0.1, 0.15) is 5.75 Å². The van der Waals surface area contributed by atoms with E-state index in [2.05, 4.69) is 23.3 Å². The summed E-state index contributed by atoms with van der Waals surface area (Å²) in [5.41, 5.74) is 5.67. The third-order valence-corrected chi connectivity index (χ3v) is 3.80. The zero-order valence-electron chi connectivity index (χ0n) is 12.2. The van der Waals surface area contributed by atoms with Crippen molar-refractivity contribution < 1.29 is 4.74 Å². The molecule has 1 aliphatic heterocycles. The molecule has 2 aromatic rings. The van der Waals surface area contributed by atoms with Crippen LogP contribution in [0.3, 0.4) is 0 Å². The van der Waals surface area contributed by atoms with Gasteiger partial charge in [-0.2, -0.15) is 0 Å². The molecule has 0 saturated carbocycles. The molecule has 20 heavy (non-hydrogen) atoms. The van der Waals surface area contributed by atoms with E-state index in [0.717, 1.165) is 53.6 Å². The third-order valence-electron chi connectivity index (χ3n) is 3.80. The molecule has 0 amide bonds. The maximum atomic E-state index is 5.30. The largest absolute Gasteiger partial charge is 0.496 e. The highest BCUT2D eigenvalue weighted by atomic mass is 16.5. The minimum atomic E-state index is 0.802. The summed E-state index contributed by atoms with van der Waals surface area (Å²) in [6.45, 7) is 5.96. The zero-order valence-corrected chi connectivity index (χ0v) is 12.2.